The van der Waals surface area contributed by atoms with Gasteiger partial charge in [-0.25, -0.2) is 32.9 Å². The number of nitrogens with zero attached hydrogens (tertiary/aromatic N) is 6. The van der Waals surface area contributed by atoms with Crippen molar-refractivity contribution in [3.05, 3.63) is 93.8 Å². The molecule has 43 heavy (non-hydrogen) atoms. The molecule has 5 heterocycles. The summed E-state index contributed by atoms with van der Waals surface area (Å²) in [6, 6.07) is 5.63. The summed E-state index contributed by atoms with van der Waals surface area (Å²) < 4.78 is 71.5. The number of fused-ring (bicyclic) bond motifs is 1. The largest absolute Gasteiger partial charge is 0.477 e. The van der Waals surface area contributed by atoms with Crippen LogP contribution in [0.25, 0.3) is 22.6 Å². The molecule has 15 heteroatoms. The van der Waals surface area contributed by atoms with E-state index in [-0.39, 0.29) is 51.5 Å². The first-order valence-electron chi connectivity index (χ1n) is 12.8. The summed E-state index contributed by atoms with van der Waals surface area (Å²) in [4.78, 5) is 31.5. The fourth-order valence-corrected chi connectivity index (χ4v) is 4.60. The number of benzene rings is 1. The number of aromatic nitrogens is 6. The van der Waals surface area contributed by atoms with Crippen LogP contribution in [0, 0.1) is 23.3 Å². The Morgan fingerprint density at radius 1 is 1.02 bits per heavy atom. The van der Waals surface area contributed by atoms with Gasteiger partial charge in [0.25, 0.3) is 5.88 Å². The molecule has 0 bridgehead atoms. The van der Waals surface area contributed by atoms with Crippen molar-refractivity contribution in [1.82, 2.24) is 29.5 Å². The third-order valence-electron chi connectivity index (χ3n) is 6.74. The summed E-state index contributed by atoms with van der Waals surface area (Å²) in [5, 5.41) is 9.43. The van der Waals surface area contributed by atoms with E-state index in [9.17, 15) is 18.7 Å². The van der Waals surface area contributed by atoms with Gasteiger partial charge in [-0.2, -0.15) is 9.37 Å². The zero-order valence-electron chi connectivity index (χ0n) is 21.9. The van der Waals surface area contributed by atoms with Crippen LogP contribution in [0.3, 0.4) is 0 Å². The number of carbonyl (C=O) groups is 1. The molecular formula is C28H19ClF4N6O4. The van der Waals surface area contributed by atoms with Crippen LogP contribution in [0.15, 0.2) is 42.7 Å². The first kappa shape index (κ1) is 28.4. The molecule has 10 nitrogen and oxygen atoms in total. The van der Waals surface area contributed by atoms with Crippen LogP contribution in [0.4, 0.5) is 17.6 Å². The van der Waals surface area contributed by atoms with Gasteiger partial charge in [0, 0.05) is 19.2 Å². The zero-order chi connectivity index (χ0) is 30.2. The van der Waals surface area contributed by atoms with Gasteiger partial charge in [-0.1, -0.05) is 11.6 Å². The highest BCUT2D eigenvalue weighted by atomic mass is 35.5. The first-order chi connectivity index (χ1) is 20.7. The molecule has 1 aliphatic rings. The summed E-state index contributed by atoms with van der Waals surface area (Å²) in [5.41, 5.74) is -0.121. The summed E-state index contributed by atoms with van der Waals surface area (Å²) in [6.07, 6.45) is 2.36. The van der Waals surface area contributed by atoms with Gasteiger partial charge in [0.2, 0.25) is 5.82 Å². The Kier molecular flexibility index (Phi) is 7.62. The highest BCUT2D eigenvalue weighted by molar-refractivity contribution is 6.30. The van der Waals surface area contributed by atoms with Crippen LogP contribution in [-0.2, 0) is 24.3 Å². The zero-order valence-corrected chi connectivity index (χ0v) is 22.7. The molecule has 0 aliphatic carbocycles. The number of carboxylic acid groups (broad SMARTS) is 1. The van der Waals surface area contributed by atoms with Gasteiger partial charge in [-0.15, -0.1) is 0 Å². The van der Waals surface area contributed by atoms with Crippen LogP contribution in [-0.4, -0.2) is 53.3 Å². The Morgan fingerprint density at radius 2 is 1.84 bits per heavy atom. The standard InChI is InChI=1S/C28H19ClF4N6O4/c29-14-7-19(32)23(34-9-14)12-43-27-20(33)10-35-25(38-27)16-8-17(30)13(5-18(16)31)6-24-36-21-1-2-22(28(40)41)37-26(21)39(24)11-15-3-4-42-15/h1-2,5,7-10,15H,3-4,6,11-12H2,(H,40,41). The Balaban J connectivity index is 1.29. The normalized spacial score (nSPS) is 14.6. The third kappa shape index (κ3) is 5.83. The van der Waals surface area contributed by atoms with E-state index in [1.54, 1.807) is 4.57 Å². The fraction of sp³-hybridized carbons (Fsp3) is 0.214. The highest BCUT2D eigenvalue weighted by Gasteiger charge is 2.25. The smallest absolute Gasteiger partial charge is 0.354 e. The quantitative estimate of drug-likeness (QED) is 0.224. The predicted molar refractivity (Wildman–Crippen MR) is 143 cm³/mol. The molecule has 4 aromatic heterocycles. The van der Waals surface area contributed by atoms with Gasteiger partial charge >= 0.3 is 5.97 Å². The van der Waals surface area contributed by atoms with E-state index in [4.69, 9.17) is 21.1 Å². The van der Waals surface area contributed by atoms with Crippen LogP contribution >= 0.6 is 11.6 Å². The SMILES string of the molecule is O=C(O)c1ccc2nc(Cc3cc(F)c(-c4ncc(F)c(OCc5ncc(Cl)cc5F)n4)cc3F)n(CC3CCO3)c2n1. The van der Waals surface area contributed by atoms with E-state index in [1.807, 2.05) is 0 Å². The minimum Gasteiger partial charge on any atom is -0.477 e. The molecule has 1 aliphatic heterocycles. The second-order valence-electron chi connectivity index (χ2n) is 9.58. The van der Waals surface area contributed by atoms with Gasteiger partial charge in [0.1, 0.15) is 41.1 Å². The highest BCUT2D eigenvalue weighted by Crippen LogP contribution is 2.28. The molecule has 0 spiro atoms. The van der Waals surface area contributed by atoms with Crippen molar-refractivity contribution >= 4 is 28.7 Å². The topological polar surface area (TPSA) is 125 Å². The lowest BCUT2D eigenvalue weighted by molar-refractivity contribution is -0.0590. The molecule has 220 valence electrons. The van der Waals surface area contributed by atoms with Gasteiger partial charge in [-0.05, 0) is 42.3 Å². The molecule has 6 rings (SSSR count). The molecule has 5 aromatic rings. The van der Waals surface area contributed by atoms with E-state index in [1.165, 1.54) is 18.3 Å². The lowest BCUT2D eigenvalue weighted by Crippen LogP contribution is -2.32. The number of ether oxygens (including phenoxy) is 2. The summed E-state index contributed by atoms with van der Waals surface area (Å²) in [7, 11) is 0. The molecule has 0 saturated carbocycles. The number of pyridine rings is 2. The maximum Gasteiger partial charge on any atom is 0.354 e. The summed E-state index contributed by atoms with van der Waals surface area (Å²) >= 11 is 5.68. The second kappa shape index (κ2) is 11.5. The molecule has 1 saturated heterocycles. The van der Waals surface area contributed by atoms with Crippen molar-refractivity contribution < 1.29 is 36.9 Å². The Bertz CT molecular complexity index is 1880. The molecular weight excluding hydrogens is 596 g/mol. The monoisotopic (exact) mass is 614 g/mol. The van der Waals surface area contributed by atoms with Crippen molar-refractivity contribution in [2.24, 2.45) is 0 Å². The maximum atomic E-state index is 15.4. The Labute approximate surface area is 244 Å². The Morgan fingerprint density at radius 3 is 2.56 bits per heavy atom. The number of rotatable bonds is 9. The minimum absolute atomic E-state index is 0.0614. The van der Waals surface area contributed by atoms with Crippen LogP contribution in [0.2, 0.25) is 5.02 Å². The summed E-state index contributed by atoms with van der Waals surface area (Å²) in [5.74, 6) is -5.41. The van der Waals surface area contributed by atoms with Crippen molar-refractivity contribution in [3.63, 3.8) is 0 Å². The lowest BCUT2D eigenvalue weighted by Gasteiger charge is -2.27. The minimum atomic E-state index is -1.22. The lowest BCUT2D eigenvalue weighted by atomic mass is 10.1. The number of imidazole rings is 1. The van der Waals surface area contributed by atoms with Crippen molar-refractivity contribution in [2.75, 3.05) is 6.61 Å². The Hall–Kier alpha value is -4.69. The van der Waals surface area contributed by atoms with Crippen molar-refractivity contribution in [3.8, 4) is 17.3 Å². The van der Waals surface area contributed by atoms with Gasteiger partial charge in [-0.3, -0.25) is 4.98 Å². The van der Waals surface area contributed by atoms with Gasteiger partial charge in [0.15, 0.2) is 17.2 Å². The van der Waals surface area contributed by atoms with E-state index in [0.29, 0.717) is 24.5 Å². The number of aromatic carboxylic acids is 1. The third-order valence-corrected chi connectivity index (χ3v) is 6.94. The molecule has 1 fully saturated rings. The van der Waals surface area contributed by atoms with Gasteiger partial charge < -0.3 is 19.1 Å². The number of halogens is 5. The maximum absolute atomic E-state index is 15.4. The fourth-order valence-electron chi connectivity index (χ4n) is 4.46. The number of carboxylic acids is 1. The van der Waals surface area contributed by atoms with Crippen LogP contribution in [0.5, 0.6) is 5.88 Å². The average Bonchev–Trinajstić information content (AvgIpc) is 3.28. The number of hydrogen-bond donors (Lipinski definition) is 1. The molecule has 1 aromatic carbocycles. The van der Waals surface area contributed by atoms with E-state index < -0.39 is 41.7 Å². The van der Waals surface area contributed by atoms with E-state index in [2.05, 4.69) is 24.9 Å². The predicted octanol–water partition coefficient (Wildman–Crippen LogP) is 5.15. The molecule has 0 amide bonds. The van der Waals surface area contributed by atoms with Crippen LogP contribution < -0.4 is 4.74 Å². The average molecular weight is 615 g/mol. The molecule has 1 N–H and O–H groups in total. The molecule has 1 atom stereocenters. The summed E-state index contributed by atoms with van der Waals surface area (Å²) in [6.45, 7) is 0.364. The van der Waals surface area contributed by atoms with Gasteiger partial charge in [0.05, 0.1) is 29.4 Å². The second-order valence-corrected chi connectivity index (χ2v) is 10.0. The van der Waals surface area contributed by atoms with E-state index in [0.717, 1.165) is 30.8 Å². The molecule has 0 radical (unpaired) electrons. The van der Waals surface area contributed by atoms with Crippen molar-refractivity contribution in [2.45, 2.75) is 32.1 Å². The van der Waals surface area contributed by atoms with E-state index >= 15 is 8.78 Å². The van der Waals surface area contributed by atoms with Crippen LogP contribution in [0.1, 0.15) is 34.0 Å². The van der Waals surface area contributed by atoms with Crippen molar-refractivity contribution in [1.29, 1.82) is 0 Å². The number of hydrogen-bond acceptors (Lipinski definition) is 8. The first-order valence-corrected chi connectivity index (χ1v) is 13.2. The molecule has 1 unspecified atom stereocenters.